The summed E-state index contributed by atoms with van der Waals surface area (Å²) in [7, 11) is 0. The van der Waals surface area contributed by atoms with Crippen LogP contribution in [0, 0.1) is 11.8 Å². The first-order valence-corrected chi connectivity index (χ1v) is 5.84. The van der Waals surface area contributed by atoms with Gasteiger partial charge in [-0.2, -0.15) is 0 Å². The van der Waals surface area contributed by atoms with E-state index in [9.17, 15) is 9.90 Å². The Morgan fingerprint density at radius 2 is 2.29 bits per heavy atom. The minimum atomic E-state index is -0.259. The van der Waals surface area contributed by atoms with Crippen LogP contribution in [0.25, 0.3) is 0 Å². The minimum absolute atomic E-state index is 0.239. The Morgan fingerprint density at radius 3 is 2.86 bits per heavy atom. The molecule has 0 bridgehead atoms. The quantitative estimate of drug-likeness (QED) is 0.753. The first-order chi connectivity index (χ1) is 6.63. The Hall–Kier alpha value is -0.370. The monoisotopic (exact) mass is 198 g/mol. The molecule has 1 aliphatic carbocycles. The topological polar surface area (TPSA) is 37.3 Å². The number of aliphatic hydroxyl groups excluding tert-OH is 1. The Bertz CT molecular complexity index is 187. The predicted molar refractivity (Wildman–Crippen MR) is 57.0 cm³/mol. The summed E-state index contributed by atoms with van der Waals surface area (Å²) in [4.78, 5) is 11.6. The van der Waals surface area contributed by atoms with Crippen molar-refractivity contribution >= 4 is 5.78 Å². The molecular weight excluding hydrogens is 176 g/mol. The molecule has 82 valence electrons. The number of ketones is 1. The van der Waals surface area contributed by atoms with Crippen molar-refractivity contribution in [3.8, 4) is 0 Å². The van der Waals surface area contributed by atoms with E-state index in [0.29, 0.717) is 5.78 Å². The maximum absolute atomic E-state index is 11.6. The zero-order chi connectivity index (χ0) is 10.6. The van der Waals surface area contributed by atoms with E-state index in [2.05, 4.69) is 6.92 Å². The highest BCUT2D eigenvalue weighted by Gasteiger charge is 2.27. The highest BCUT2D eigenvalue weighted by Crippen LogP contribution is 2.31. The van der Waals surface area contributed by atoms with Gasteiger partial charge in [-0.15, -0.1) is 0 Å². The number of carbonyl (C=O) groups is 1. The summed E-state index contributed by atoms with van der Waals surface area (Å²) in [6, 6.07) is 0. The highest BCUT2D eigenvalue weighted by molar-refractivity contribution is 5.81. The molecule has 0 amide bonds. The first-order valence-electron chi connectivity index (χ1n) is 5.84. The van der Waals surface area contributed by atoms with Crippen LogP contribution in [0.1, 0.15) is 52.4 Å². The maximum atomic E-state index is 11.6. The fraction of sp³-hybridized carbons (Fsp3) is 0.917. The lowest BCUT2D eigenvalue weighted by Crippen LogP contribution is -2.25. The Labute approximate surface area is 86.7 Å². The van der Waals surface area contributed by atoms with Crippen LogP contribution < -0.4 is 0 Å². The average Bonchev–Trinajstić information content (AvgIpc) is 2.16. The normalized spacial score (nSPS) is 30.4. The molecule has 0 aromatic rings. The molecule has 1 saturated carbocycles. The largest absolute Gasteiger partial charge is 0.393 e. The lowest BCUT2D eigenvalue weighted by molar-refractivity contribution is -0.126. The second-order valence-corrected chi connectivity index (χ2v) is 4.64. The zero-order valence-electron chi connectivity index (χ0n) is 9.33. The maximum Gasteiger partial charge on any atom is 0.135 e. The van der Waals surface area contributed by atoms with E-state index < -0.39 is 0 Å². The van der Waals surface area contributed by atoms with Gasteiger partial charge in [-0.25, -0.2) is 0 Å². The summed E-state index contributed by atoms with van der Waals surface area (Å²) >= 11 is 0. The van der Waals surface area contributed by atoms with E-state index in [1.54, 1.807) is 6.92 Å². The third-order valence-electron chi connectivity index (χ3n) is 3.38. The molecule has 0 aliphatic heterocycles. The van der Waals surface area contributed by atoms with Gasteiger partial charge >= 0.3 is 0 Å². The summed E-state index contributed by atoms with van der Waals surface area (Å²) in [6.45, 7) is 4.00. The molecule has 2 nitrogen and oxygen atoms in total. The molecule has 0 radical (unpaired) electrons. The van der Waals surface area contributed by atoms with Crippen molar-refractivity contribution in [2.45, 2.75) is 58.5 Å². The van der Waals surface area contributed by atoms with Crippen molar-refractivity contribution in [1.82, 2.24) is 0 Å². The fourth-order valence-corrected chi connectivity index (χ4v) is 2.29. The Balaban J connectivity index is 2.36. The van der Waals surface area contributed by atoms with Gasteiger partial charge in [0.25, 0.3) is 0 Å². The third kappa shape index (κ3) is 3.41. The van der Waals surface area contributed by atoms with Gasteiger partial charge in [-0.3, -0.25) is 4.79 Å². The number of Topliss-reactive ketones (excluding diaryl/α,β-unsaturated/α-hetero) is 1. The van der Waals surface area contributed by atoms with Crippen molar-refractivity contribution < 1.29 is 9.90 Å². The third-order valence-corrected chi connectivity index (χ3v) is 3.38. The van der Waals surface area contributed by atoms with Crippen molar-refractivity contribution in [2.75, 3.05) is 0 Å². The SMILES string of the molecule is CCC1CCC(=O)C(CCC(C)O)C1. The lowest BCUT2D eigenvalue weighted by Gasteiger charge is -2.27. The van der Waals surface area contributed by atoms with E-state index in [1.165, 1.54) is 6.42 Å². The van der Waals surface area contributed by atoms with Crippen molar-refractivity contribution in [3.05, 3.63) is 0 Å². The molecular formula is C12H22O2. The van der Waals surface area contributed by atoms with Crippen LogP contribution in [-0.4, -0.2) is 17.0 Å². The van der Waals surface area contributed by atoms with E-state index in [4.69, 9.17) is 0 Å². The van der Waals surface area contributed by atoms with Crippen LogP contribution in [0.4, 0.5) is 0 Å². The molecule has 0 aromatic carbocycles. The molecule has 2 heteroatoms. The Morgan fingerprint density at radius 1 is 1.57 bits per heavy atom. The van der Waals surface area contributed by atoms with E-state index in [1.807, 2.05) is 0 Å². The smallest absolute Gasteiger partial charge is 0.135 e. The Kier molecular flexibility index (Phi) is 4.59. The summed E-state index contributed by atoms with van der Waals surface area (Å²) in [5.41, 5.74) is 0. The molecule has 14 heavy (non-hydrogen) atoms. The molecule has 1 fully saturated rings. The standard InChI is InChI=1S/C12H22O2/c1-3-10-5-7-12(14)11(8-10)6-4-9(2)13/h9-11,13H,3-8H2,1-2H3. The van der Waals surface area contributed by atoms with E-state index >= 15 is 0 Å². The number of carbonyl (C=O) groups excluding carboxylic acids is 1. The van der Waals surface area contributed by atoms with Gasteiger partial charge in [-0.05, 0) is 38.5 Å². The van der Waals surface area contributed by atoms with Crippen molar-refractivity contribution in [3.63, 3.8) is 0 Å². The van der Waals surface area contributed by atoms with Gasteiger partial charge in [0.05, 0.1) is 6.10 Å². The number of aliphatic hydroxyl groups is 1. The summed E-state index contributed by atoms with van der Waals surface area (Å²) in [6.07, 6.45) is 5.49. The molecule has 1 rings (SSSR count). The van der Waals surface area contributed by atoms with Gasteiger partial charge < -0.3 is 5.11 Å². The molecule has 1 aliphatic rings. The summed E-state index contributed by atoms with van der Waals surface area (Å²) in [5, 5.41) is 9.18. The first kappa shape index (κ1) is 11.7. The molecule has 3 atom stereocenters. The van der Waals surface area contributed by atoms with Gasteiger partial charge in [0.1, 0.15) is 5.78 Å². The fourth-order valence-electron chi connectivity index (χ4n) is 2.29. The molecule has 0 heterocycles. The number of hydrogen-bond donors (Lipinski definition) is 1. The van der Waals surface area contributed by atoms with Crippen LogP contribution in [0.15, 0.2) is 0 Å². The second-order valence-electron chi connectivity index (χ2n) is 4.64. The molecule has 3 unspecified atom stereocenters. The lowest BCUT2D eigenvalue weighted by atomic mass is 9.77. The number of rotatable bonds is 4. The van der Waals surface area contributed by atoms with E-state index in [0.717, 1.165) is 38.0 Å². The van der Waals surface area contributed by atoms with E-state index in [-0.39, 0.29) is 12.0 Å². The minimum Gasteiger partial charge on any atom is -0.393 e. The van der Waals surface area contributed by atoms with Gasteiger partial charge in [0, 0.05) is 12.3 Å². The summed E-state index contributed by atoms with van der Waals surface area (Å²) in [5.74, 6) is 1.41. The van der Waals surface area contributed by atoms with Crippen LogP contribution in [0.5, 0.6) is 0 Å². The zero-order valence-corrected chi connectivity index (χ0v) is 9.33. The number of hydrogen-bond acceptors (Lipinski definition) is 2. The predicted octanol–water partition coefficient (Wildman–Crippen LogP) is 2.54. The molecule has 1 N–H and O–H groups in total. The highest BCUT2D eigenvalue weighted by atomic mass is 16.3. The van der Waals surface area contributed by atoms with Crippen LogP contribution in [-0.2, 0) is 4.79 Å². The molecule has 0 saturated heterocycles. The van der Waals surface area contributed by atoms with Gasteiger partial charge in [0.2, 0.25) is 0 Å². The average molecular weight is 198 g/mol. The molecule has 0 aromatic heterocycles. The van der Waals surface area contributed by atoms with Crippen LogP contribution in [0.2, 0.25) is 0 Å². The van der Waals surface area contributed by atoms with Gasteiger partial charge in [0.15, 0.2) is 0 Å². The van der Waals surface area contributed by atoms with Crippen LogP contribution in [0.3, 0.4) is 0 Å². The van der Waals surface area contributed by atoms with Gasteiger partial charge in [-0.1, -0.05) is 13.3 Å². The van der Waals surface area contributed by atoms with Crippen LogP contribution >= 0.6 is 0 Å². The molecule has 0 spiro atoms. The summed E-state index contributed by atoms with van der Waals surface area (Å²) < 4.78 is 0. The second kappa shape index (κ2) is 5.50. The van der Waals surface area contributed by atoms with Crippen molar-refractivity contribution in [1.29, 1.82) is 0 Å². The van der Waals surface area contributed by atoms with Crippen molar-refractivity contribution in [2.24, 2.45) is 11.8 Å².